The van der Waals surface area contributed by atoms with Crippen molar-refractivity contribution in [1.82, 2.24) is 10.2 Å². The third-order valence-electron chi connectivity index (χ3n) is 5.98. The predicted molar refractivity (Wildman–Crippen MR) is 102 cm³/mol. The molecule has 3 unspecified atom stereocenters. The number of fused-ring (bicyclic) bond motifs is 1. The zero-order valence-electron chi connectivity index (χ0n) is 15.7. The van der Waals surface area contributed by atoms with Crippen molar-refractivity contribution in [2.24, 2.45) is 5.92 Å². The summed E-state index contributed by atoms with van der Waals surface area (Å²) in [6, 6.07) is 11.1. The van der Waals surface area contributed by atoms with Gasteiger partial charge in [-0.05, 0) is 42.0 Å². The van der Waals surface area contributed by atoms with E-state index in [9.17, 15) is 9.59 Å². The molecule has 0 spiro atoms. The van der Waals surface area contributed by atoms with Crippen molar-refractivity contribution in [2.45, 2.75) is 57.7 Å². The Bertz CT molecular complexity index is 815. The van der Waals surface area contributed by atoms with Gasteiger partial charge in [0.2, 0.25) is 5.91 Å². The Balaban J connectivity index is 1.58. The van der Waals surface area contributed by atoms with Gasteiger partial charge in [-0.15, -0.1) is 0 Å². The summed E-state index contributed by atoms with van der Waals surface area (Å²) in [5, 5.41) is 3.24. The van der Waals surface area contributed by atoms with Gasteiger partial charge in [0.1, 0.15) is 6.04 Å². The van der Waals surface area contributed by atoms with Gasteiger partial charge in [-0.3, -0.25) is 9.59 Å². The third-order valence-corrected chi connectivity index (χ3v) is 5.98. The highest BCUT2D eigenvalue weighted by molar-refractivity contribution is 5.96. The Kier molecular flexibility index (Phi) is 5.01. The van der Waals surface area contributed by atoms with Crippen molar-refractivity contribution in [1.29, 1.82) is 0 Å². The molecule has 0 saturated heterocycles. The van der Waals surface area contributed by atoms with E-state index < -0.39 is 6.04 Å². The van der Waals surface area contributed by atoms with Crippen molar-refractivity contribution < 1.29 is 14.0 Å². The van der Waals surface area contributed by atoms with Gasteiger partial charge in [0.25, 0.3) is 5.91 Å². The van der Waals surface area contributed by atoms with Gasteiger partial charge in [0.15, 0.2) is 5.76 Å². The topological polar surface area (TPSA) is 62.6 Å². The molecule has 1 saturated carbocycles. The molecular weight excluding hydrogens is 340 g/mol. The van der Waals surface area contributed by atoms with Crippen LogP contribution in [0.3, 0.4) is 0 Å². The minimum atomic E-state index is -0.508. The Morgan fingerprint density at radius 1 is 1.07 bits per heavy atom. The van der Waals surface area contributed by atoms with E-state index in [1.54, 1.807) is 17.0 Å². The van der Waals surface area contributed by atoms with Crippen LogP contribution in [-0.4, -0.2) is 28.8 Å². The lowest BCUT2D eigenvalue weighted by Crippen LogP contribution is -2.55. The number of carbonyl (C=O) groups is 2. The van der Waals surface area contributed by atoms with Crippen molar-refractivity contribution in [3.63, 3.8) is 0 Å². The monoisotopic (exact) mass is 366 g/mol. The summed E-state index contributed by atoms with van der Waals surface area (Å²) in [6.07, 6.45) is 6.57. The van der Waals surface area contributed by atoms with Gasteiger partial charge in [-0.1, -0.05) is 44.0 Å². The van der Waals surface area contributed by atoms with Crippen LogP contribution in [0, 0.1) is 5.92 Å². The Hall–Kier alpha value is -2.56. The summed E-state index contributed by atoms with van der Waals surface area (Å²) >= 11 is 0. The predicted octanol–water partition coefficient (Wildman–Crippen LogP) is 3.54. The fraction of sp³-hybridized carbons (Fsp3) is 0.455. The van der Waals surface area contributed by atoms with Gasteiger partial charge in [-0.25, -0.2) is 0 Å². The molecular formula is C22H26N2O3. The summed E-state index contributed by atoms with van der Waals surface area (Å²) in [6.45, 7) is 2.63. The quantitative estimate of drug-likeness (QED) is 0.904. The minimum absolute atomic E-state index is 0.0526. The van der Waals surface area contributed by atoms with E-state index in [-0.39, 0.29) is 23.6 Å². The fourth-order valence-electron chi connectivity index (χ4n) is 4.32. The molecule has 2 amide bonds. The van der Waals surface area contributed by atoms with Gasteiger partial charge < -0.3 is 14.6 Å². The summed E-state index contributed by atoms with van der Waals surface area (Å²) in [5.74, 6) is 0.473. The molecule has 1 fully saturated rings. The highest BCUT2D eigenvalue weighted by Crippen LogP contribution is 2.27. The first-order valence-electron chi connectivity index (χ1n) is 9.85. The van der Waals surface area contributed by atoms with E-state index in [2.05, 4.69) is 12.2 Å². The average molecular weight is 366 g/mol. The molecule has 1 N–H and O–H groups in total. The number of amides is 2. The number of nitrogens with one attached hydrogen (secondary N) is 1. The first kappa shape index (κ1) is 17.8. The van der Waals surface area contributed by atoms with Gasteiger partial charge in [0, 0.05) is 19.0 Å². The van der Waals surface area contributed by atoms with E-state index in [0.29, 0.717) is 18.9 Å². The maximum Gasteiger partial charge on any atom is 0.290 e. The van der Waals surface area contributed by atoms with E-state index in [4.69, 9.17) is 4.42 Å². The lowest BCUT2D eigenvalue weighted by molar-refractivity contribution is -0.127. The number of rotatable bonds is 3. The molecule has 27 heavy (non-hydrogen) atoms. The van der Waals surface area contributed by atoms with Crippen LogP contribution in [0.25, 0.3) is 0 Å². The maximum atomic E-state index is 13.2. The summed E-state index contributed by atoms with van der Waals surface area (Å²) in [7, 11) is 0. The van der Waals surface area contributed by atoms with E-state index in [0.717, 1.165) is 30.4 Å². The Morgan fingerprint density at radius 3 is 2.59 bits per heavy atom. The largest absolute Gasteiger partial charge is 0.459 e. The van der Waals surface area contributed by atoms with Crippen LogP contribution in [0.5, 0.6) is 0 Å². The molecule has 4 rings (SSSR count). The van der Waals surface area contributed by atoms with E-state index in [1.807, 2.05) is 24.3 Å². The molecule has 5 heteroatoms. The summed E-state index contributed by atoms with van der Waals surface area (Å²) in [4.78, 5) is 27.8. The molecule has 142 valence electrons. The normalized spacial score (nSPS) is 24.9. The lowest BCUT2D eigenvalue weighted by Gasteiger charge is -2.37. The zero-order valence-corrected chi connectivity index (χ0v) is 15.7. The molecule has 3 atom stereocenters. The van der Waals surface area contributed by atoms with E-state index in [1.165, 1.54) is 12.7 Å². The van der Waals surface area contributed by atoms with Crippen molar-refractivity contribution in [3.05, 3.63) is 59.5 Å². The number of furan rings is 1. The molecule has 2 aromatic rings. The molecule has 2 heterocycles. The van der Waals surface area contributed by atoms with Crippen LogP contribution >= 0.6 is 0 Å². The molecule has 0 bridgehead atoms. The summed E-state index contributed by atoms with van der Waals surface area (Å²) in [5.41, 5.74) is 2.23. The number of hydrogen-bond donors (Lipinski definition) is 1. The smallest absolute Gasteiger partial charge is 0.290 e. The minimum Gasteiger partial charge on any atom is -0.459 e. The molecule has 1 aliphatic carbocycles. The second kappa shape index (κ2) is 7.59. The molecule has 1 aromatic carbocycles. The number of nitrogens with zero attached hydrogens (tertiary/aromatic N) is 1. The fourth-order valence-corrected chi connectivity index (χ4v) is 4.32. The molecule has 0 radical (unpaired) electrons. The summed E-state index contributed by atoms with van der Waals surface area (Å²) < 4.78 is 5.31. The van der Waals surface area contributed by atoms with Crippen LogP contribution in [0.2, 0.25) is 0 Å². The van der Waals surface area contributed by atoms with Crippen molar-refractivity contribution in [2.75, 3.05) is 0 Å². The van der Waals surface area contributed by atoms with Crippen LogP contribution in [0.1, 0.15) is 54.3 Å². The van der Waals surface area contributed by atoms with Gasteiger partial charge in [0.05, 0.1) is 6.26 Å². The van der Waals surface area contributed by atoms with Crippen LogP contribution in [0.15, 0.2) is 47.1 Å². The van der Waals surface area contributed by atoms with E-state index >= 15 is 0 Å². The van der Waals surface area contributed by atoms with Crippen LogP contribution < -0.4 is 5.32 Å². The lowest BCUT2D eigenvalue weighted by atomic mass is 9.85. The first-order chi connectivity index (χ1) is 13.1. The van der Waals surface area contributed by atoms with Gasteiger partial charge >= 0.3 is 0 Å². The molecule has 1 aliphatic heterocycles. The highest BCUT2D eigenvalue weighted by Gasteiger charge is 2.37. The first-order valence-corrected chi connectivity index (χ1v) is 9.85. The number of carbonyl (C=O) groups excluding carboxylic acids is 2. The van der Waals surface area contributed by atoms with Crippen LogP contribution in [-0.2, 0) is 17.8 Å². The number of benzene rings is 1. The Morgan fingerprint density at radius 2 is 1.85 bits per heavy atom. The third kappa shape index (κ3) is 3.64. The molecule has 1 aromatic heterocycles. The van der Waals surface area contributed by atoms with Crippen LogP contribution in [0.4, 0.5) is 0 Å². The second-order valence-electron chi connectivity index (χ2n) is 7.78. The number of hydrogen-bond acceptors (Lipinski definition) is 3. The zero-order chi connectivity index (χ0) is 18.8. The van der Waals surface area contributed by atoms with Gasteiger partial charge in [-0.2, -0.15) is 0 Å². The molecule has 2 aliphatic rings. The standard InChI is InChI=1S/C22H26N2O3/c1-15-7-2-5-10-18(15)23-21(25)19-13-16-8-3-4-9-17(16)14-24(19)22(26)20-11-6-12-27-20/h3-4,6,8-9,11-12,15,18-19H,2,5,7,10,13-14H2,1H3,(H,23,25). The molecule has 5 nitrogen and oxygen atoms in total. The average Bonchev–Trinajstić information content (AvgIpc) is 3.23. The SMILES string of the molecule is CC1CCCCC1NC(=O)C1Cc2ccccc2CN1C(=O)c1ccco1. The highest BCUT2D eigenvalue weighted by atomic mass is 16.3. The Labute approximate surface area is 159 Å². The second-order valence-corrected chi connectivity index (χ2v) is 7.78. The van der Waals surface area contributed by atoms with Crippen molar-refractivity contribution in [3.8, 4) is 0 Å². The van der Waals surface area contributed by atoms with Crippen molar-refractivity contribution >= 4 is 11.8 Å². The maximum absolute atomic E-state index is 13.2.